The van der Waals surface area contributed by atoms with Gasteiger partial charge >= 0.3 is 0 Å². The van der Waals surface area contributed by atoms with Gasteiger partial charge in [0.25, 0.3) is 0 Å². The highest BCUT2D eigenvalue weighted by atomic mass is 35.5. The number of amides is 1. The molecule has 0 spiro atoms. The van der Waals surface area contributed by atoms with Gasteiger partial charge in [-0.1, -0.05) is 25.0 Å². The maximum absolute atomic E-state index is 12.7. The lowest BCUT2D eigenvalue weighted by molar-refractivity contribution is -0.122. The minimum Gasteiger partial charge on any atom is -0.393 e. The van der Waals surface area contributed by atoms with Crippen LogP contribution in [0, 0.1) is 5.92 Å². The number of nitrogens with one attached hydrogen (secondary N) is 1. The van der Waals surface area contributed by atoms with Crippen LogP contribution < -0.4 is 11.1 Å². The van der Waals surface area contributed by atoms with Crippen LogP contribution >= 0.6 is 24.8 Å². The predicted molar refractivity (Wildman–Crippen MR) is 115 cm³/mol. The number of halogens is 2. The summed E-state index contributed by atoms with van der Waals surface area (Å²) in [6.45, 7) is 4.70. The predicted octanol–water partition coefficient (Wildman–Crippen LogP) is 3.33. The zero-order chi connectivity index (χ0) is 17.9. The summed E-state index contributed by atoms with van der Waals surface area (Å²) in [6.07, 6.45) is 5.49. The van der Waals surface area contributed by atoms with E-state index in [1.54, 1.807) is 0 Å². The first-order valence-electron chi connectivity index (χ1n) is 9.53. The molecule has 0 radical (unpaired) electrons. The zero-order valence-electron chi connectivity index (χ0n) is 16.0. The number of aliphatic hydroxyl groups excluding tert-OH is 1. The smallest absolute Gasteiger partial charge is 0.229 e. The lowest BCUT2D eigenvalue weighted by Crippen LogP contribution is -2.51. The van der Waals surface area contributed by atoms with Crippen molar-refractivity contribution in [1.82, 2.24) is 4.90 Å². The average molecular weight is 418 g/mol. The van der Waals surface area contributed by atoms with Gasteiger partial charge in [-0.05, 0) is 50.3 Å². The summed E-state index contributed by atoms with van der Waals surface area (Å²) in [4.78, 5) is 15.0. The quantitative estimate of drug-likeness (QED) is 0.701. The second kappa shape index (κ2) is 10.6. The highest BCUT2D eigenvalue weighted by molar-refractivity contribution is 5.93. The first-order valence-corrected chi connectivity index (χ1v) is 9.53. The van der Waals surface area contributed by atoms with E-state index < -0.39 is 5.54 Å². The van der Waals surface area contributed by atoms with Gasteiger partial charge in [0.15, 0.2) is 0 Å². The molecule has 27 heavy (non-hydrogen) atoms. The Morgan fingerprint density at radius 1 is 1.26 bits per heavy atom. The van der Waals surface area contributed by atoms with Crippen LogP contribution in [0.1, 0.15) is 51.0 Å². The molecule has 1 aliphatic carbocycles. The molecule has 0 aromatic heterocycles. The summed E-state index contributed by atoms with van der Waals surface area (Å²) in [5.41, 5.74) is 7.98. The molecule has 7 heteroatoms. The van der Waals surface area contributed by atoms with Crippen LogP contribution in [-0.2, 0) is 11.3 Å². The van der Waals surface area contributed by atoms with E-state index >= 15 is 0 Å². The third kappa shape index (κ3) is 6.61. The molecule has 1 aromatic rings. The number of nitrogens with zero attached hydrogens (tertiary/aromatic N) is 1. The fourth-order valence-electron chi connectivity index (χ4n) is 4.10. The van der Waals surface area contributed by atoms with Crippen molar-refractivity contribution in [2.45, 2.75) is 63.6 Å². The van der Waals surface area contributed by atoms with Crippen molar-refractivity contribution in [1.29, 1.82) is 0 Å². The fourth-order valence-corrected chi connectivity index (χ4v) is 4.10. The van der Waals surface area contributed by atoms with Gasteiger partial charge < -0.3 is 16.2 Å². The molecule has 4 N–H and O–H groups in total. The monoisotopic (exact) mass is 417 g/mol. The van der Waals surface area contributed by atoms with E-state index in [-0.39, 0.29) is 42.7 Å². The molecular weight excluding hydrogens is 385 g/mol. The maximum atomic E-state index is 12.7. The van der Waals surface area contributed by atoms with Crippen LogP contribution in [0.25, 0.3) is 0 Å². The Kier molecular flexibility index (Phi) is 9.52. The number of piperidine rings is 1. The highest BCUT2D eigenvalue weighted by Gasteiger charge is 2.37. The second-order valence-electron chi connectivity index (χ2n) is 8.00. The van der Waals surface area contributed by atoms with Crippen molar-refractivity contribution in [2.24, 2.45) is 11.7 Å². The molecule has 2 unspecified atom stereocenters. The van der Waals surface area contributed by atoms with Crippen LogP contribution in [0.3, 0.4) is 0 Å². The van der Waals surface area contributed by atoms with Gasteiger partial charge in [0, 0.05) is 30.9 Å². The standard InChI is InChI=1S/C20H31N3O2.2ClH/c1-20(21)10-3-2-7-18(20)19(25)22-16-6-4-5-15(13-16)14-23-11-8-17(24)9-12-23;;/h4-6,13,17-18,24H,2-3,7-12,14,21H2,1H3,(H,22,25);2*1H. The number of aliphatic hydroxyl groups is 1. The van der Waals surface area contributed by atoms with E-state index in [1.165, 1.54) is 5.56 Å². The molecule has 1 saturated heterocycles. The first-order chi connectivity index (χ1) is 11.9. The van der Waals surface area contributed by atoms with Crippen molar-refractivity contribution in [2.75, 3.05) is 18.4 Å². The van der Waals surface area contributed by atoms with Gasteiger partial charge in [0.2, 0.25) is 5.91 Å². The molecule has 3 rings (SSSR count). The van der Waals surface area contributed by atoms with Gasteiger partial charge in [-0.3, -0.25) is 9.69 Å². The number of carbonyl (C=O) groups excluding carboxylic acids is 1. The minimum atomic E-state index is -0.408. The molecule has 2 fully saturated rings. The zero-order valence-corrected chi connectivity index (χ0v) is 17.7. The molecule has 1 heterocycles. The van der Waals surface area contributed by atoms with E-state index in [0.29, 0.717) is 0 Å². The Balaban J connectivity index is 0.00000182. The lowest BCUT2D eigenvalue weighted by atomic mass is 9.74. The number of likely N-dealkylation sites (tertiary alicyclic amines) is 1. The van der Waals surface area contributed by atoms with Crippen molar-refractivity contribution in [3.8, 4) is 0 Å². The van der Waals surface area contributed by atoms with Crippen LogP contribution in [-0.4, -0.2) is 40.6 Å². The van der Waals surface area contributed by atoms with Gasteiger partial charge in [0.1, 0.15) is 0 Å². The number of benzene rings is 1. The Labute approximate surface area is 174 Å². The van der Waals surface area contributed by atoms with E-state index in [0.717, 1.165) is 63.8 Å². The van der Waals surface area contributed by atoms with Crippen molar-refractivity contribution >= 4 is 36.4 Å². The van der Waals surface area contributed by atoms with Gasteiger partial charge in [-0.15, -0.1) is 24.8 Å². The molecule has 1 aromatic carbocycles. The van der Waals surface area contributed by atoms with Crippen LogP contribution in [0.2, 0.25) is 0 Å². The summed E-state index contributed by atoms with van der Waals surface area (Å²) in [7, 11) is 0. The molecule has 0 bridgehead atoms. The lowest BCUT2D eigenvalue weighted by Gasteiger charge is -2.37. The third-order valence-electron chi connectivity index (χ3n) is 5.73. The van der Waals surface area contributed by atoms with Crippen molar-refractivity contribution in [3.05, 3.63) is 29.8 Å². The molecule has 1 amide bonds. The van der Waals surface area contributed by atoms with Crippen LogP contribution in [0.5, 0.6) is 0 Å². The summed E-state index contributed by atoms with van der Waals surface area (Å²) < 4.78 is 0. The first kappa shape index (κ1) is 24.2. The van der Waals surface area contributed by atoms with Gasteiger partial charge in [-0.25, -0.2) is 0 Å². The third-order valence-corrected chi connectivity index (χ3v) is 5.73. The molecule has 1 saturated carbocycles. The van der Waals surface area contributed by atoms with Gasteiger partial charge in [0.05, 0.1) is 12.0 Å². The fraction of sp³-hybridized carbons (Fsp3) is 0.650. The van der Waals surface area contributed by atoms with E-state index in [4.69, 9.17) is 5.73 Å². The number of anilines is 1. The summed E-state index contributed by atoms with van der Waals surface area (Å²) in [5.74, 6) is -0.0727. The Bertz CT molecular complexity index is 605. The number of hydrogen-bond acceptors (Lipinski definition) is 4. The van der Waals surface area contributed by atoms with Gasteiger partial charge in [-0.2, -0.15) is 0 Å². The second-order valence-corrected chi connectivity index (χ2v) is 8.00. The number of nitrogens with two attached hydrogens (primary N) is 1. The van der Waals surface area contributed by atoms with Crippen LogP contribution in [0.4, 0.5) is 5.69 Å². The van der Waals surface area contributed by atoms with E-state index in [9.17, 15) is 9.90 Å². The van der Waals surface area contributed by atoms with E-state index in [2.05, 4.69) is 22.3 Å². The molecule has 5 nitrogen and oxygen atoms in total. The SMILES string of the molecule is CC1(N)CCCCC1C(=O)Nc1cccc(CN2CCC(O)CC2)c1.Cl.Cl. The number of rotatable bonds is 4. The normalized spacial score (nSPS) is 26.6. The van der Waals surface area contributed by atoms with Crippen LogP contribution in [0.15, 0.2) is 24.3 Å². The Hall–Kier alpha value is -0.850. The minimum absolute atomic E-state index is 0. The molecular formula is C20H33Cl2N3O2. The Morgan fingerprint density at radius 3 is 2.63 bits per heavy atom. The highest BCUT2D eigenvalue weighted by Crippen LogP contribution is 2.32. The average Bonchev–Trinajstić information content (AvgIpc) is 2.57. The molecule has 1 aliphatic heterocycles. The summed E-state index contributed by atoms with van der Waals surface area (Å²) >= 11 is 0. The topological polar surface area (TPSA) is 78.6 Å². The largest absolute Gasteiger partial charge is 0.393 e. The number of hydrogen-bond donors (Lipinski definition) is 3. The van der Waals surface area contributed by atoms with Crippen molar-refractivity contribution in [3.63, 3.8) is 0 Å². The molecule has 154 valence electrons. The van der Waals surface area contributed by atoms with E-state index in [1.807, 2.05) is 19.1 Å². The van der Waals surface area contributed by atoms with Crippen molar-refractivity contribution < 1.29 is 9.90 Å². The molecule has 2 atom stereocenters. The Morgan fingerprint density at radius 2 is 1.96 bits per heavy atom. The summed E-state index contributed by atoms with van der Waals surface area (Å²) in [5, 5.41) is 12.7. The maximum Gasteiger partial charge on any atom is 0.229 e. The molecule has 2 aliphatic rings. The summed E-state index contributed by atoms with van der Waals surface area (Å²) in [6, 6.07) is 8.08. The number of carbonyl (C=O) groups is 1.